The third-order valence-electron chi connectivity index (χ3n) is 0.565. The second kappa shape index (κ2) is 5.02. The van der Waals surface area contributed by atoms with Crippen LogP contribution in [0.25, 0.3) is 0 Å². The van der Waals surface area contributed by atoms with Crippen LogP contribution in [0.15, 0.2) is 9.98 Å². The molecule has 9 heavy (non-hydrogen) atoms. The third kappa shape index (κ3) is 4.73. The van der Waals surface area contributed by atoms with Gasteiger partial charge in [-0.15, -0.1) is 0 Å². The van der Waals surface area contributed by atoms with Crippen LogP contribution in [0.5, 0.6) is 0 Å². The maximum atomic E-state index is 11.3. The van der Waals surface area contributed by atoms with Crippen molar-refractivity contribution in [2.75, 3.05) is 13.2 Å². The van der Waals surface area contributed by atoms with Gasteiger partial charge in [0.1, 0.15) is 6.67 Å². The average Bonchev–Trinajstić information content (AvgIpc) is 1.85. The Hall–Kier alpha value is -1.13. The lowest BCUT2D eigenvalue weighted by Crippen LogP contribution is -2.11. The summed E-state index contributed by atoms with van der Waals surface area (Å²) in [6, 6.07) is 0. The first-order chi connectivity index (χ1) is 4.31. The number of nitrogens with two attached hydrogens (primary N) is 2. The zero-order valence-electron chi connectivity index (χ0n) is 4.92. The second-order valence-corrected chi connectivity index (χ2v) is 1.21. The molecule has 0 bridgehead atoms. The molecule has 0 fully saturated rings. The molecule has 0 heterocycles. The molecule has 0 unspecified atom stereocenters. The predicted octanol–water partition coefficient (Wildman–Crippen LogP) is -0.742. The van der Waals surface area contributed by atoms with Gasteiger partial charge in [-0.3, -0.25) is 0 Å². The van der Waals surface area contributed by atoms with E-state index in [9.17, 15) is 4.39 Å². The number of hydrogen-bond acceptors (Lipinski definition) is 1. The largest absolute Gasteiger partial charge is 0.390 e. The van der Waals surface area contributed by atoms with E-state index in [1.807, 2.05) is 0 Å². The quantitative estimate of drug-likeness (QED) is 0.383. The Kier molecular flexibility index (Phi) is 4.39. The minimum absolute atomic E-state index is 0.00940. The molecule has 52 valence electrons. The summed E-state index contributed by atoms with van der Waals surface area (Å²) >= 11 is 0. The summed E-state index contributed by atoms with van der Waals surface area (Å²) in [5, 5.41) is 0. The predicted molar refractivity (Wildman–Crippen MR) is 35.1 cm³/mol. The van der Waals surface area contributed by atoms with Crippen molar-refractivity contribution < 1.29 is 4.39 Å². The first-order valence-corrected chi connectivity index (χ1v) is 2.41. The van der Waals surface area contributed by atoms with E-state index < -0.39 is 6.67 Å². The number of hydrogen-bond donors (Lipinski definition) is 2. The van der Waals surface area contributed by atoms with Gasteiger partial charge in [-0.2, -0.15) is 0 Å². The van der Waals surface area contributed by atoms with Crippen LogP contribution in [-0.4, -0.2) is 25.5 Å². The molecule has 0 aromatic heterocycles. The maximum absolute atomic E-state index is 11.3. The van der Waals surface area contributed by atoms with Crippen LogP contribution in [0, 0.1) is 0 Å². The van der Waals surface area contributed by atoms with Crippen LogP contribution < -0.4 is 11.5 Å². The topological polar surface area (TPSA) is 76.8 Å². The first-order valence-electron chi connectivity index (χ1n) is 2.41. The maximum Gasteiger partial charge on any atom is 0.216 e. The molecule has 0 atom stereocenters. The van der Waals surface area contributed by atoms with Gasteiger partial charge >= 0.3 is 0 Å². The molecule has 0 rings (SSSR count). The van der Waals surface area contributed by atoms with E-state index in [0.717, 1.165) is 6.34 Å². The van der Waals surface area contributed by atoms with Crippen molar-refractivity contribution in [2.24, 2.45) is 21.5 Å². The fourth-order valence-electron chi connectivity index (χ4n) is 0.274. The lowest BCUT2D eigenvalue weighted by atomic mass is 10.7. The van der Waals surface area contributed by atoms with Crippen LogP contribution in [0.1, 0.15) is 0 Å². The molecule has 0 aromatic carbocycles. The Morgan fingerprint density at radius 3 is 2.78 bits per heavy atom. The number of rotatable bonds is 2. The molecule has 4 N–H and O–H groups in total. The molecular formula is C4H9FN4. The van der Waals surface area contributed by atoms with Crippen molar-refractivity contribution in [1.82, 2.24) is 0 Å². The molecule has 4 nitrogen and oxygen atoms in total. The molecule has 0 spiro atoms. The van der Waals surface area contributed by atoms with Gasteiger partial charge in [-0.1, -0.05) is 0 Å². The normalized spacial score (nSPS) is 12.8. The zero-order chi connectivity index (χ0) is 7.11. The van der Waals surface area contributed by atoms with Gasteiger partial charge in [0.05, 0.1) is 12.9 Å². The zero-order valence-corrected chi connectivity index (χ0v) is 4.92. The Labute approximate surface area is 52.5 Å². The molecule has 0 aliphatic heterocycles. The van der Waals surface area contributed by atoms with Crippen LogP contribution in [-0.2, 0) is 0 Å². The minimum Gasteiger partial charge on any atom is -0.390 e. The summed E-state index contributed by atoms with van der Waals surface area (Å²) in [4.78, 5) is 6.85. The summed E-state index contributed by atoms with van der Waals surface area (Å²) in [6.45, 7) is -0.482. The van der Waals surface area contributed by atoms with Crippen LogP contribution in [0.4, 0.5) is 4.39 Å². The average molecular weight is 132 g/mol. The summed E-state index contributed by atoms with van der Waals surface area (Å²) in [7, 11) is 0. The number of nitrogens with zero attached hydrogens (tertiary/aromatic N) is 2. The van der Waals surface area contributed by atoms with Gasteiger partial charge in [0.25, 0.3) is 0 Å². The van der Waals surface area contributed by atoms with E-state index in [1.54, 1.807) is 0 Å². The van der Waals surface area contributed by atoms with Gasteiger partial charge in [0.2, 0.25) is 5.96 Å². The van der Waals surface area contributed by atoms with Crippen LogP contribution >= 0.6 is 0 Å². The Morgan fingerprint density at radius 1 is 1.67 bits per heavy atom. The summed E-state index contributed by atoms with van der Waals surface area (Å²) in [5.41, 5.74) is 9.93. The Morgan fingerprint density at radius 2 is 2.33 bits per heavy atom. The van der Waals surface area contributed by atoms with Crippen LogP contribution in [0.2, 0.25) is 0 Å². The van der Waals surface area contributed by atoms with Gasteiger partial charge < -0.3 is 11.5 Å². The van der Waals surface area contributed by atoms with Gasteiger partial charge in [0.15, 0.2) is 0 Å². The molecule has 5 heteroatoms. The second-order valence-electron chi connectivity index (χ2n) is 1.21. The molecular weight excluding hydrogens is 123 g/mol. The molecule has 0 aromatic rings. The Balaban J connectivity index is 3.55. The lowest BCUT2D eigenvalue weighted by molar-refractivity contribution is 0.504. The number of aliphatic imine (C=N–C) groups is 2. The van der Waals surface area contributed by atoms with E-state index >= 15 is 0 Å². The van der Waals surface area contributed by atoms with Gasteiger partial charge in [0, 0.05) is 0 Å². The molecule has 0 saturated carbocycles. The van der Waals surface area contributed by atoms with E-state index in [1.165, 1.54) is 0 Å². The van der Waals surface area contributed by atoms with Crippen molar-refractivity contribution in [2.45, 2.75) is 0 Å². The molecule has 0 aliphatic rings. The fraction of sp³-hybridized carbons (Fsp3) is 0.500. The van der Waals surface area contributed by atoms with Crippen molar-refractivity contribution >= 4 is 12.3 Å². The van der Waals surface area contributed by atoms with E-state index in [0.29, 0.717) is 0 Å². The Bertz CT molecular complexity index is 120. The van der Waals surface area contributed by atoms with Gasteiger partial charge in [-0.25, -0.2) is 14.4 Å². The van der Waals surface area contributed by atoms with E-state index in [2.05, 4.69) is 9.98 Å². The van der Waals surface area contributed by atoms with Crippen LogP contribution in [0.3, 0.4) is 0 Å². The first kappa shape index (κ1) is 7.87. The monoisotopic (exact) mass is 132 g/mol. The highest BCUT2D eigenvalue weighted by Gasteiger charge is 1.81. The summed E-state index contributed by atoms with van der Waals surface area (Å²) in [5.74, 6) is 0.00940. The standard InChI is InChI=1S/C4H9FN4/c5-1-2-8-4(7)9-3-6/h3H,1-2H2,(H4,6,7,8,9). The number of guanidine groups is 1. The molecule has 0 aliphatic carbocycles. The highest BCUT2D eigenvalue weighted by atomic mass is 19.1. The van der Waals surface area contributed by atoms with Crippen molar-refractivity contribution in [3.8, 4) is 0 Å². The van der Waals surface area contributed by atoms with Crippen molar-refractivity contribution in [3.05, 3.63) is 0 Å². The number of halogens is 1. The lowest BCUT2D eigenvalue weighted by Gasteiger charge is -1.87. The molecule has 0 amide bonds. The fourth-order valence-corrected chi connectivity index (χ4v) is 0.274. The smallest absolute Gasteiger partial charge is 0.216 e. The van der Waals surface area contributed by atoms with Gasteiger partial charge in [-0.05, 0) is 0 Å². The molecule has 0 saturated heterocycles. The van der Waals surface area contributed by atoms with E-state index in [-0.39, 0.29) is 12.5 Å². The van der Waals surface area contributed by atoms with E-state index in [4.69, 9.17) is 11.5 Å². The highest BCUT2D eigenvalue weighted by molar-refractivity contribution is 5.85. The SMILES string of the molecule is NC=NC(N)=NCCF. The number of alkyl halides is 1. The minimum atomic E-state index is -0.527. The highest BCUT2D eigenvalue weighted by Crippen LogP contribution is 1.73. The van der Waals surface area contributed by atoms with Crippen molar-refractivity contribution in [1.29, 1.82) is 0 Å². The molecule has 0 radical (unpaired) electrons. The summed E-state index contributed by atoms with van der Waals surface area (Å²) < 4.78 is 11.3. The summed E-state index contributed by atoms with van der Waals surface area (Å²) in [6.07, 6.45) is 1.01. The van der Waals surface area contributed by atoms with Crippen molar-refractivity contribution in [3.63, 3.8) is 0 Å². The third-order valence-corrected chi connectivity index (χ3v) is 0.565.